The van der Waals surface area contributed by atoms with Crippen molar-refractivity contribution >= 4 is 5.95 Å². The molecule has 6 nitrogen and oxygen atoms in total. The van der Waals surface area contributed by atoms with Crippen molar-refractivity contribution in [2.24, 2.45) is 0 Å². The molecule has 16 heavy (non-hydrogen) atoms. The van der Waals surface area contributed by atoms with E-state index in [2.05, 4.69) is 15.1 Å². The first kappa shape index (κ1) is 10.4. The smallest absolute Gasteiger partial charge is 0.223 e. The maximum Gasteiger partial charge on any atom is 0.223 e. The number of aryl methyl sites for hydroxylation is 1. The predicted octanol–water partition coefficient (Wildman–Crippen LogP) is 0.951. The molecule has 0 aliphatic carbocycles. The van der Waals surface area contributed by atoms with Crippen LogP contribution in [-0.2, 0) is 6.54 Å². The van der Waals surface area contributed by atoms with Gasteiger partial charge in [-0.05, 0) is 6.92 Å². The minimum Gasteiger partial charge on any atom is -0.481 e. The zero-order chi connectivity index (χ0) is 11.5. The average Bonchev–Trinajstić information content (AvgIpc) is 2.76. The Morgan fingerprint density at radius 1 is 1.44 bits per heavy atom. The van der Waals surface area contributed by atoms with Gasteiger partial charge in [0.2, 0.25) is 11.8 Å². The van der Waals surface area contributed by atoms with Gasteiger partial charge in [-0.25, -0.2) is 4.98 Å². The van der Waals surface area contributed by atoms with Gasteiger partial charge in [-0.1, -0.05) is 0 Å². The minimum absolute atomic E-state index is 0.193. The molecular weight excluding hydrogens is 206 g/mol. The van der Waals surface area contributed by atoms with Gasteiger partial charge < -0.3 is 10.5 Å². The molecule has 0 spiro atoms. The Morgan fingerprint density at radius 3 is 2.88 bits per heavy atom. The maximum absolute atomic E-state index is 5.58. The Morgan fingerprint density at radius 2 is 2.25 bits per heavy atom. The summed E-state index contributed by atoms with van der Waals surface area (Å²) in [5.74, 6) is 0.644. The molecule has 0 bridgehead atoms. The van der Waals surface area contributed by atoms with E-state index >= 15 is 0 Å². The maximum atomic E-state index is 5.58. The molecule has 0 unspecified atom stereocenters. The molecule has 0 aliphatic rings. The molecule has 0 saturated carbocycles. The fraction of sp³-hybridized carbons (Fsp3) is 0.300. The van der Waals surface area contributed by atoms with Crippen molar-refractivity contribution in [3.05, 3.63) is 18.5 Å². The third-order valence-electron chi connectivity index (χ3n) is 2.18. The molecule has 0 atom stereocenters. The second-order valence-corrected chi connectivity index (χ2v) is 3.24. The van der Waals surface area contributed by atoms with E-state index in [1.165, 1.54) is 0 Å². The second-order valence-electron chi connectivity index (χ2n) is 3.24. The summed E-state index contributed by atoms with van der Waals surface area (Å²) in [5.41, 5.74) is 7.19. The first-order chi connectivity index (χ1) is 7.72. The number of rotatable bonds is 3. The number of ether oxygens (including phenoxy) is 1. The van der Waals surface area contributed by atoms with Gasteiger partial charge in [-0.3, -0.25) is 4.68 Å². The summed E-state index contributed by atoms with van der Waals surface area (Å²) in [4.78, 5) is 8.06. The number of methoxy groups -OCH3 is 1. The molecule has 2 aromatic heterocycles. The standard InChI is InChI=1S/C10H13N5O/c1-3-15-6-7(5-12-15)8-4-9(16-2)14-10(11)13-8/h4-6H,3H2,1-2H3,(H2,11,13,14). The lowest BCUT2D eigenvalue weighted by atomic mass is 10.2. The van der Waals surface area contributed by atoms with Gasteiger partial charge in [0.1, 0.15) is 0 Å². The summed E-state index contributed by atoms with van der Waals surface area (Å²) in [5, 5.41) is 4.17. The number of aromatic nitrogens is 4. The molecule has 2 N–H and O–H groups in total. The molecule has 0 amide bonds. The van der Waals surface area contributed by atoms with Gasteiger partial charge in [0, 0.05) is 24.4 Å². The molecule has 0 saturated heterocycles. The normalized spacial score (nSPS) is 10.4. The molecule has 2 heterocycles. The first-order valence-corrected chi connectivity index (χ1v) is 4.94. The number of nitrogens with zero attached hydrogens (tertiary/aromatic N) is 4. The van der Waals surface area contributed by atoms with Crippen molar-refractivity contribution in [2.45, 2.75) is 13.5 Å². The molecule has 2 rings (SSSR count). The summed E-state index contributed by atoms with van der Waals surface area (Å²) in [6.07, 6.45) is 3.64. The van der Waals surface area contributed by atoms with Crippen molar-refractivity contribution in [3.8, 4) is 17.1 Å². The van der Waals surface area contributed by atoms with E-state index in [0.29, 0.717) is 11.6 Å². The van der Waals surface area contributed by atoms with E-state index in [4.69, 9.17) is 10.5 Å². The molecular formula is C10H13N5O. The molecule has 0 radical (unpaired) electrons. The zero-order valence-electron chi connectivity index (χ0n) is 9.21. The van der Waals surface area contributed by atoms with Crippen LogP contribution in [0.3, 0.4) is 0 Å². The lowest BCUT2D eigenvalue weighted by Crippen LogP contribution is -1.98. The number of nitrogen functional groups attached to an aromatic ring is 1. The van der Waals surface area contributed by atoms with Crippen molar-refractivity contribution in [2.75, 3.05) is 12.8 Å². The van der Waals surface area contributed by atoms with Crippen molar-refractivity contribution in [1.29, 1.82) is 0 Å². The van der Waals surface area contributed by atoms with Crippen LogP contribution < -0.4 is 10.5 Å². The highest BCUT2D eigenvalue weighted by Crippen LogP contribution is 2.20. The number of anilines is 1. The van der Waals surface area contributed by atoms with Crippen LogP contribution in [0.5, 0.6) is 5.88 Å². The van der Waals surface area contributed by atoms with Gasteiger partial charge in [-0.2, -0.15) is 10.1 Å². The number of hydrogen-bond acceptors (Lipinski definition) is 5. The second kappa shape index (κ2) is 4.18. The highest BCUT2D eigenvalue weighted by atomic mass is 16.5. The number of nitrogens with two attached hydrogens (primary N) is 1. The number of hydrogen-bond donors (Lipinski definition) is 1. The summed E-state index contributed by atoms with van der Waals surface area (Å²) < 4.78 is 6.85. The summed E-state index contributed by atoms with van der Waals surface area (Å²) >= 11 is 0. The zero-order valence-corrected chi connectivity index (χ0v) is 9.21. The molecule has 84 valence electrons. The fourth-order valence-electron chi connectivity index (χ4n) is 1.36. The Hall–Kier alpha value is -2.11. The van der Waals surface area contributed by atoms with Crippen molar-refractivity contribution in [1.82, 2.24) is 19.7 Å². The topological polar surface area (TPSA) is 78.9 Å². The minimum atomic E-state index is 0.193. The summed E-state index contributed by atoms with van der Waals surface area (Å²) in [6.45, 7) is 2.84. The van der Waals surface area contributed by atoms with Gasteiger partial charge in [0.25, 0.3) is 0 Å². The molecule has 0 aliphatic heterocycles. The largest absolute Gasteiger partial charge is 0.481 e. The Balaban J connectivity index is 2.42. The average molecular weight is 219 g/mol. The lowest BCUT2D eigenvalue weighted by molar-refractivity contribution is 0.398. The van der Waals surface area contributed by atoms with E-state index < -0.39 is 0 Å². The quantitative estimate of drug-likeness (QED) is 0.831. The van der Waals surface area contributed by atoms with Crippen molar-refractivity contribution < 1.29 is 4.74 Å². The van der Waals surface area contributed by atoms with E-state index in [0.717, 1.165) is 12.1 Å². The SMILES string of the molecule is CCn1cc(-c2cc(OC)nc(N)n2)cn1. The Labute approximate surface area is 93.1 Å². The van der Waals surface area contributed by atoms with Gasteiger partial charge in [0.05, 0.1) is 19.0 Å². The van der Waals surface area contributed by atoms with Crippen LogP contribution in [0.2, 0.25) is 0 Å². The van der Waals surface area contributed by atoms with Crippen LogP contribution in [0.15, 0.2) is 18.5 Å². The van der Waals surface area contributed by atoms with Crippen LogP contribution in [-0.4, -0.2) is 26.9 Å². The van der Waals surface area contributed by atoms with Crippen LogP contribution in [0, 0.1) is 0 Å². The van der Waals surface area contributed by atoms with Gasteiger partial charge >= 0.3 is 0 Å². The third kappa shape index (κ3) is 1.95. The predicted molar refractivity (Wildman–Crippen MR) is 59.9 cm³/mol. The van der Waals surface area contributed by atoms with Crippen LogP contribution in [0.4, 0.5) is 5.95 Å². The molecule has 6 heteroatoms. The van der Waals surface area contributed by atoms with Crippen LogP contribution in [0.1, 0.15) is 6.92 Å². The first-order valence-electron chi connectivity index (χ1n) is 4.94. The lowest BCUT2D eigenvalue weighted by Gasteiger charge is -2.02. The summed E-state index contributed by atoms with van der Waals surface area (Å²) in [6, 6.07) is 1.73. The Kier molecular flexibility index (Phi) is 2.72. The third-order valence-corrected chi connectivity index (χ3v) is 2.18. The molecule has 2 aromatic rings. The molecule has 0 aromatic carbocycles. The van der Waals surface area contributed by atoms with Gasteiger partial charge in [-0.15, -0.1) is 0 Å². The summed E-state index contributed by atoms with van der Waals surface area (Å²) in [7, 11) is 1.54. The Bertz CT molecular complexity index is 494. The van der Waals surface area contributed by atoms with E-state index in [1.807, 2.05) is 17.8 Å². The highest BCUT2D eigenvalue weighted by Gasteiger charge is 2.06. The van der Waals surface area contributed by atoms with E-state index in [-0.39, 0.29) is 5.95 Å². The highest BCUT2D eigenvalue weighted by molar-refractivity contribution is 5.59. The van der Waals surface area contributed by atoms with Crippen LogP contribution >= 0.6 is 0 Å². The van der Waals surface area contributed by atoms with Crippen molar-refractivity contribution in [3.63, 3.8) is 0 Å². The fourth-order valence-corrected chi connectivity index (χ4v) is 1.36. The van der Waals surface area contributed by atoms with E-state index in [9.17, 15) is 0 Å². The molecule has 0 fully saturated rings. The van der Waals surface area contributed by atoms with Gasteiger partial charge in [0.15, 0.2) is 0 Å². The van der Waals surface area contributed by atoms with Crippen LogP contribution in [0.25, 0.3) is 11.3 Å². The van der Waals surface area contributed by atoms with E-state index in [1.54, 1.807) is 19.4 Å². The monoisotopic (exact) mass is 219 g/mol.